The van der Waals surface area contributed by atoms with Crippen molar-refractivity contribution in [1.29, 1.82) is 0 Å². The van der Waals surface area contributed by atoms with Crippen molar-refractivity contribution in [2.24, 2.45) is 5.92 Å². The van der Waals surface area contributed by atoms with Crippen LogP contribution < -0.4 is 0 Å². The second-order valence-electron chi connectivity index (χ2n) is 4.75. The van der Waals surface area contributed by atoms with Crippen molar-refractivity contribution in [2.45, 2.75) is 65.2 Å². The molecule has 0 unspecified atom stereocenters. The molecule has 3 heteroatoms. The van der Waals surface area contributed by atoms with E-state index in [0.717, 1.165) is 25.7 Å². The summed E-state index contributed by atoms with van der Waals surface area (Å²) in [4.78, 5) is 21.8. The average molecular weight is 242 g/mol. The van der Waals surface area contributed by atoms with Gasteiger partial charge < -0.3 is 4.74 Å². The highest BCUT2D eigenvalue weighted by atomic mass is 16.5. The Morgan fingerprint density at radius 2 is 1.53 bits per heavy atom. The van der Waals surface area contributed by atoms with E-state index in [1.54, 1.807) is 6.92 Å². The van der Waals surface area contributed by atoms with E-state index in [1.165, 1.54) is 26.4 Å². The largest absolute Gasteiger partial charge is 0.469 e. The number of ether oxygens (including phenoxy) is 1. The molecule has 0 bridgehead atoms. The minimum atomic E-state index is -0.111. The summed E-state index contributed by atoms with van der Waals surface area (Å²) in [7, 11) is 1.43. The summed E-state index contributed by atoms with van der Waals surface area (Å²) >= 11 is 0. The van der Waals surface area contributed by atoms with Crippen LogP contribution >= 0.6 is 0 Å². The third-order valence-electron chi connectivity index (χ3n) is 3.19. The first-order valence-corrected chi connectivity index (χ1v) is 6.65. The van der Waals surface area contributed by atoms with Crippen LogP contribution in [0, 0.1) is 5.92 Å². The van der Waals surface area contributed by atoms with Crippen LogP contribution in [-0.4, -0.2) is 18.9 Å². The zero-order chi connectivity index (χ0) is 13.1. The quantitative estimate of drug-likeness (QED) is 0.435. The van der Waals surface area contributed by atoms with Gasteiger partial charge in [0.15, 0.2) is 0 Å². The van der Waals surface area contributed by atoms with E-state index in [4.69, 9.17) is 0 Å². The summed E-state index contributed by atoms with van der Waals surface area (Å²) in [5, 5.41) is 0. The lowest BCUT2D eigenvalue weighted by Gasteiger charge is -2.06. The molecule has 0 N–H and O–H groups in total. The third-order valence-corrected chi connectivity index (χ3v) is 3.19. The second-order valence-corrected chi connectivity index (χ2v) is 4.75. The first kappa shape index (κ1) is 16.1. The number of Topliss-reactive ketones (excluding diaryl/α,β-unsaturated/α-hetero) is 1. The topological polar surface area (TPSA) is 43.4 Å². The smallest absolute Gasteiger partial charge is 0.305 e. The van der Waals surface area contributed by atoms with Gasteiger partial charge in [-0.2, -0.15) is 0 Å². The molecular formula is C14H26O3. The van der Waals surface area contributed by atoms with Gasteiger partial charge in [-0.15, -0.1) is 0 Å². The highest BCUT2D eigenvalue weighted by Crippen LogP contribution is 2.13. The van der Waals surface area contributed by atoms with Crippen LogP contribution in [0.3, 0.4) is 0 Å². The molecule has 0 amide bonds. The molecule has 0 aromatic carbocycles. The predicted molar refractivity (Wildman–Crippen MR) is 68.8 cm³/mol. The van der Waals surface area contributed by atoms with Gasteiger partial charge in [0, 0.05) is 12.3 Å². The Balaban J connectivity index is 3.19. The van der Waals surface area contributed by atoms with Gasteiger partial charge in [-0.1, -0.05) is 39.0 Å². The van der Waals surface area contributed by atoms with Crippen LogP contribution in [0.2, 0.25) is 0 Å². The van der Waals surface area contributed by atoms with Crippen molar-refractivity contribution in [3.63, 3.8) is 0 Å². The van der Waals surface area contributed by atoms with Gasteiger partial charge in [0.2, 0.25) is 0 Å². The van der Waals surface area contributed by atoms with Gasteiger partial charge in [-0.05, 0) is 19.8 Å². The molecule has 0 saturated carbocycles. The van der Waals surface area contributed by atoms with E-state index in [9.17, 15) is 9.59 Å². The zero-order valence-electron chi connectivity index (χ0n) is 11.5. The van der Waals surface area contributed by atoms with Crippen molar-refractivity contribution in [2.75, 3.05) is 7.11 Å². The van der Waals surface area contributed by atoms with Gasteiger partial charge in [0.05, 0.1) is 7.11 Å². The predicted octanol–water partition coefficient (Wildman–Crippen LogP) is 3.51. The maximum absolute atomic E-state index is 11.0. The summed E-state index contributed by atoms with van der Waals surface area (Å²) in [6, 6.07) is 0. The Bertz CT molecular complexity index is 224. The Morgan fingerprint density at radius 1 is 1.00 bits per heavy atom. The van der Waals surface area contributed by atoms with E-state index in [1.807, 2.05) is 6.92 Å². The molecule has 0 heterocycles. The van der Waals surface area contributed by atoms with Crippen LogP contribution in [0.15, 0.2) is 0 Å². The number of methoxy groups -OCH3 is 1. The number of hydrogen-bond acceptors (Lipinski definition) is 3. The Hall–Kier alpha value is -0.860. The van der Waals surface area contributed by atoms with Crippen LogP contribution in [0.1, 0.15) is 65.2 Å². The number of ketones is 1. The molecule has 0 aliphatic heterocycles. The fourth-order valence-corrected chi connectivity index (χ4v) is 1.73. The Morgan fingerprint density at radius 3 is 2.06 bits per heavy atom. The number of esters is 1. The van der Waals surface area contributed by atoms with E-state index < -0.39 is 0 Å². The summed E-state index contributed by atoms with van der Waals surface area (Å²) in [5.41, 5.74) is 0. The van der Waals surface area contributed by atoms with Crippen molar-refractivity contribution in [3.8, 4) is 0 Å². The lowest BCUT2D eigenvalue weighted by molar-refractivity contribution is -0.140. The number of unbranched alkanes of at least 4 members (excludes halogenated alkanes) is 5. The van der Waals surface area contributed by atoms with Gasteiger partial charge in [0.25, 0.3) is 0 Å². The average Bonchev–Trinajstić information content (AvgIpc) is 2.31. The molecule has 0 radical (unpaired) electrons. The molecule has 17 heavy (non-hydrogen) atoms. The number of carbonyl (C=O) groups is 2. The number of rotatable bonds is 10. The zero-order valence-corrected chi connectivity index (χ0v) is 11.5. The molecule has 100 valence electrons. The fraction of sp³-hybridized carbons (Fsp3) is 0.857. The third kappa shape index (κ3) is 10.0. The van der Waals surface area contributed by atoms with E-state index in [0.29, 0.717) is 12.2 Å². The minimum Gasteiger partial charge on any atom is -0.469 e. The van der Waals surface area contributed by atoms with E-state index in [2.05, 4.69) is 4.74 Å². The van der Waals surface area contributed by atoms with E-state index >= 15 is 0 Å². The maximum Gasteiger partial charge on any atom is 0.305 e. The summed E-state index contributed by atoms with van der Waals surface area (Å²) in [6.45, 7) is 3.66. The molecule has 3 nitrogen and oxygen atoms in total. The molecule has 0 rings (SSSR count). The lowest BCUT2D eigenvalue weighted by Crippen LogP contribution is -2.05. The molecule has 0 saturated heterocycles. The molecule has 0 aliphatic carbocycles. The van der Waals surface area contributed by atoms with Gasteiger partial charge in [-0.25, -0.2) is 0 Å². The number of hydrogen-bond donors (Lipinski definition) is 0. The fourth-order valence-electron chi connectivity index (χ4n) is 1.73. The first-order valence-electron chi connectivity index (χ1n) is 6.65. The van der Waals surface area contributed by atoms with Crippen molar-refractivity contribution in [1.82, 2.24) is 0 Å². The van der Waals surface area contributed by atoms with Crippen molar-refractivity contribution >= 4 is 11.8 Å². The molecule has 0 spiro atoms. The second kappa shape index (κ2) is 10.3. The van der Waals surface area contributed by atoms with Crippen LogP contribution in [0.5, 0.6) is 0 Å². The Kier molecular flexibility index (Phi) is 9.78. The van der Waals surface area contributed by atoms with Gasteiger partial charge in [0.1, 0.15) is 5.78 Å². The molecule has 0 aromatic rings. The Labute approximate surface area is 105 Å². The maximum atomic E-state index is 11.0. The summed E-state index contributed by atoms with van der Waals surface area (Å²) in [5.74, 6) is 0.401. The van der Waals surface area contributed by atoms with Crippen LogP contribution in [-0.2, 0) is 14.3 Å². The summed E-state index contributed by atoms with van der Waals surface area (Å²) in [6.07, 6.45) is 8.27. The van der Waals surface area contributed by atoms with E-state index in [-0.39, 0.29) is 11.9 Å². The highest BCUT2D eigenvalue weighted by Gasteiger charge is 2.06. The standard InChI is InChI=1S/C14H26O3/c1-12(13(2)15)10-8-6-4-5-7-9-11-14(16)17-3/h12H,4-11H2,1-3H3/t12-/m0/s1. The SMILES string of the molecule is COC(=O)CCCCCCCC[C@H](C)C(C)=O. The van der Waals surface area contributed by atoms with Crippen molar-refractivity contribution in [3.05, 3.63) is 0 Å². The van der Waals surface area contributed by atoms with Crippen LogP contribution in [0.25, 0.3) is 0 Å². The van der Waals surface area contributed by atoms with Gasteiger partial charge in [-0.3, -0.25) is 9.59 Å². The van der Waals surface area contributed by atoms with Gasteiger partial charge >= 0.3 is 5.97 Å². The van der Waals surface area contributed by atoms with Crippen molar-refractivity contribution < 1.29 is 14.3 Å². The molecule has 0 aromatic heterocycles. The normalized spacial score (nSPS) is 12.2. The molecule has 0 fully saturated rings. The molecule has 0 aliphatic rings. The summed E-state index contributed by atoms with van der Waals surface area (Å²) < 4.78 is 4.57. The lowest BCUT2D eigenvalue weighted by atomic mass is 9.99. The van der Waals surface area contributed by atoms with Crippen LogP contribution in [0.4, 0.5) is 0 Å². The minimum absolute atomic E-state index is 0.111. The molecular weight excluding hydrogens is 216 g/mol. The monoisotopic (exact) mass is 242 g/mol. The first-order chi connectivity index (χ1) is 8.07. The molecule has 1 atom stereocenters. The highest BCUT2D eigenvalue weighted by molar-refractivity contribution is 5.77. The number of carbonyl (C=O) groups excluding carboxylic acids is 2.